The predicted octanol–water partition coefficient (Wildman–Crippen LogP) is 4.11. The number of nitriles is 1. The first-order valence-electron chi connectivity index (χ1n) is 11.8. The Kier molecular flexibility index (Phi) is 6.80. The summed E-state index contributed by atoms with van der Waals surface area (Å²) in [6.07, 6.45) is 0. The lowest BCUT2D eigenvalue weighted by Crippen LogP contribution is -2.40. The van der Waals surface area contributed by atoms with Crippen molar-refractivity contribution in [3.63, 3.8) is 0 Å². The molecule has 0 aliphatic carbocycles. The lowest BCUT2D eigenvalue weighted by atomic mass is 9.81. The maximum Gasteiger partial charge on any atom is 0.355 e. The SMILES string of the molecule is COC(=O)C1=C(C(=O)OC)N(c2ccc(Oc3ccc4c(c3)OCO4)cc2)C(N)=C(C#N)C1c1ccccc1. The maximum absolute atomic E-state index is 13.2. The molecule has 5 rings (SSSR count). The zero-order valence-electron chi connectivity index (χ0n) is 21.0. The Morgan fingerprint density at radius 3 is 2.26 bits per heavy atom. The normalized spacial score (nSPS) is 16.0. The summed E-state index contributed by atoms with van der Waals surface area (Å²) in [7, 11) is 2.40. The number of carbonyl (C=O) groups excluding carboxylic acids is 2. The van der Waals surface area contributed by atoms with Crippen LogP contribution in [0.4, 0.5) is 5.69 Å². The van der Waals surface area contributed by atoms with E-state index in [4.69, 9.17) is 29.4 Å². The van der Waals surface area contributed by atoms with Crippen molar-refractivity contribution in [3.05, 3.63) is 101 Å². The molecule has 2 aliphatic heterocycles. The molecule has 0 fully saturated rings. The number of benzene rings is 3. The summed E-state index contributed by atoms with van der Waals surface area (Å²) in [5.41, 5.74) is 7.37. The fraction of sp³-hybridized carbons (Fsp3) is 0.138. The Labute approximate surface area is 224 Å². The first kappa shape index (κ1) is 25.2. The van der Waals surface area contributed by atoms with Crippen molar-refractivity contribution in [1.29, 1.82) is 5.26 Å². The van der Waals surface area contributed by atoms with E-state index in [0.717, 1.165) is 0 Å². The van der Waals surface area contributed by atoms with E-state index in [1.165, 1.54) is 19.1 Å². The Bertz CT molecular complexity index is 1540. The third kappa shape index (κ3) is 4.57. The molecular weight excluding hydrogens is 502 g/mol. The van der Waals surface area contributed by atoms with Gasteiger partial charge in [0.25, 0.3) is 0 Å². The van der Waals surface area contributed by atoms with E-state index < -0.39 is 17.9 Å². The van der Waals surface area contributed by atoms with Crippen LogP contribution in [0.25, 0.3) is 0 Å². The van der Waals surface area contributed by atoms with E-state index in [1.54, 1.807) is 72.8 Å². The van der Waals surface area contributed by atoms with E-state index >= 15 is 0 Å². The molecule has 10 nitrogen and oxygen atoms in total. The number of rotatable bonds is 6. The van der Waals surface area contributed by atoms with Gasteiger partial charge >= 0.3 is 11.9 Å². The number of ether oxygens (including phenoxy) is 5. The number of hydrogen-bond acceptors (Lipinski definition) is 10. The fourth-order valence-corrected chi connectivity index (χ4v) is 4.52. The van der Waals surface area contributed by atoms with Gasteiger partial charge in [-0.3, -0.25) is 4.90 Å². The molecule has 2 aliphatic rings. The van der Waals surface area contributed by atoms with E-state index in [0.29, 0.717) is 34.2 Å². The molecule has 2 heterocycles. The zero-order valence-corrected chi connectivity index (χ0v) is 21.0. The Morgan fingerprint density at radius 2 is 1.59 bits per heavy atom. The van der Waals surface area contributed by atoms with Crippen LogP contribution >= 0.6 is 0 Å². The third-order valence-corrected chi connectivity index (χ3v) is 6.29. The topological polar surface area (TPSA) is 133 Å². The van der Waals surface area contributed by atoms with Crippen LogP contribution < -0.4 is 24.8 Å². The van der Waals surface area contributed by atoms with Gasteiger partial charge in [0.1, 0.15) is 23.0 Å². The molecule has 10 heteroatoms. The molecule has 39 heavy (non-hydrogen) atoms. The fourth-order valence-electron chi connectivity index (χ4n) is 4.52. The summed E-state index contributed by atoms with van der Waals surface area (Å²) in [6.45, 7) is 0.150. The second-order valence-electron chi connectivity index (χ2n) is 8.45. The van der Waals surface area contributed by atoms with Crippen molar-refractivity contribution in [1.82, 2.24) is 0 Å². The molecule has 0 bridgehead atoms. The van der Waals surface area contributed by atoms with E-state index in [-0.39, 0.29) is 29.5 Å². The largest absolute Gasteiger partial charge is 0.466 e. The monoisotopic (exact) mass is 525 g/mol. The summed E-state index contributed by atoms with van der Waals surface area (Å²) < 4.78 is 26.8. The van der Waals surface area contributed by atoms with Crippen LogP contribution in [-0.4, -0.2) is 33.0 Å². The van der Waals surface area contributed by atoms with E-state index in [2.05, 4.69) is 6.07 Å². The van der Waals surface area contributed by atoms with Crippen LogP contribution in [0.15, 0.2) is 95.5 Å². The van der Waals surface area contributed by atoms with Crippen molar-refractivity contribution < 1.29 is 33.3 Å². The summed E-state index contributed by atoms with van der Waals surface area (Å²) in [4.78, 5) is 27.6. The minimum Gasteiger partial charge on any atom is -0.466 e. The molecule has 1 unspecified atom stereocenters. The quantitative estimate of drug-likeness (QED) is 0.469. The highest BCUT2D eigenvalue weighted by molar-refractivity contribution is 6.06. The summed E-state index contributed by atoms with van der Waals surface area (Å²) in [5.74, 6) is -0.353. The van der Waals surface area contributed by atoms with Crippen LogP contribution in [0, 0.1) is 11.3 Å². The van der Waals surface area contributed by atoms with Crippen molar-refractivity contribution >= 4 is 17.6 Å². The molecule has 0 amide bonds. The van der Waals surface area contributed by atoms with Crippen LogP contribution in [0.3, 0.4) is 0 Å². The molecule has 0 radical (unpaired) electrons. The van der Waals surface area contributed by atoms with Gasteiger partial charge in [-0.1, -0.05) is 30.3 Å². The standard InChI is InChI=1S/C29H23N3O7/c1-35-28(33)25-24(17-6-4-3-5-7-17)21(15-30)27(31)32(26(25)29(34)36-2)18-8-10-19(11-9-18)39-20-12-13-22-23(14-20)38-16-37-22/h3-14,24H,16,31H2,1-2H3. The molecule has 0 aromatic heterocycles. The van der Waals surface area contributed by atoms with Crippen molar-refractivity contribution in [2.75, 3.05) is 25.9 Å². The molecular formula is C29H23N3O7. The van der Waals surface area contributed by atoms with Gasteiger partial charge in [-0.15, -0.1) is 0 Å². The highest BCUT2D eigenvalue weighted by atomic mass is 16.7. The number of fused-ring (bicyclic) bond motifs is 1. The summed E-state index contributed by atoms with van der Waals surface area (Å²) in [6, 6.07) is 22.8. The molecule has 0 saturated heterocycles. The second-order valence-corrected chi connectivity index (χ2v) is 8.45. The minimum absolute atomic E-state index is 0.0242. The van der Waals surface area contributed by atoms with Gasteiger partial charge < -0.3 is 29.4 Å². The molecule has 3 aromatic rings. The smallest absolute Gasteiger partial charge is 0.355 e. The summed E-state index contributed by atoms with van der Waals surface area (Å²) in [5, 5.41) is 10.1. The molecule has 196 valence electrons. The molecule has 1 atom stereocenters. The number of nitrogens with zero attached hydrogens (tertiary/aromatic N) is 2. The van der Waals surface area contributed by atoms with Gasteiger partial charge in [-0.05, 0) is 42.0 Å². The number of carbonyl (C=O) groups is 2. The third-order valence-electron chi connectivity index (χ3n) is 6.29. The number of nitrogens with two attached hydrogens (primary N) is 1. The van der Waals surface area contributed by atoms with Crippen molar-refractivity contribution in [3.8, 4) is 29.1 Å². The second kappa shape index (κ2) is 10.5. The Hall–Kier alpha value is -5.43. The number of hydrogen-bond donors (Lipinski definition) is 1. The van der Waals surface area contributed by atoms with Crippen LogP contribution in [-0.2, 0) is 19.1 Å². The lowest BCUT2D eigenvalue weighted by molar-refractivity contribution is -0.139. The van der Waals surface area contributed by atoms with Gasteiger partial charge in [-0.25, -0.2) is 9.59 Å². The first-order chi connectivity index (χ1) is 19.0. The lowest BCUT2D eigenvalue weighted by Gasteiger charge is -2.35. The molecule has 3 aromatic carbocycles. The van der Waals surface area contributed by atoms with Gasteiger partial charge in [0.15, 0.2) is 11.5 Å². The number of anilines is 1. The number of esters is 2. The van der Waals surface area contributed by atoms with Crippen molar-refractivity contribution in [2.24, 2.45) is 5.73 Å². The highest BCUT2D eigenvalue weighted by Gasteiger charge is 2.43. The number of allylic oxidation sites excluding steroid dienone is 1. The van der Waals surface area contributed by atoms with Gasteiger partial charge in [0.05, 0.1) is 37.4 Å². The van der Waals surface area contributed by atoms with Gasteiger partial charge in [0, 0.05) is 11.8 Å². The van der Waals surface area contributed by atoms with Crippen LogP contribution in [0.1, 0.15) is 11.5 Å². The van der Waals surface area contributed by atoms with Crippen LogP contribution in [0.2, 0.25) is 0 Å². The highest BCUT2D eigenvalue weighted by Crippen LogP contribution is 2.43. The Morgan fingerprint density at radius 1 is 0.923 bits per heavy atom. The zero-order chi connectivity index (χ0) is 27.5. The predicted molar refractivity (Wildman–Crippen MR) is 139 cm³/mol. The Balaban J connectivity index is 1.59. The first-order valence-corrected chi connectivity index (χ1v) is 11.8. The average molecular weight is 526 g/mol. The summed E-state index contributed by atoms with van der Waals surface area (Å²) >= 11 is 0. The minimum atomic E-state index is -0.942. The molecule has 0 spiro atoms. The maximum atomic E-state index is 13.2. The van der Waals surface area contributed by atoms with Crippen LogP contribution in [0.5, 0.6) is 23.0 Å². The van der Waals surface area contributed by atoms with Crippen molar-refractivity contribution in [2.45, 2.75) is 5.92 Å². The average Bonchev–Trinajstić information content (AvgIpc) is 3.44. The molecule has 2 N–H and O–H groups in total. The van der Waals surface area contributed by atoms with Gasteiger partial charge in [-0.2, -0.15) is 5.26 Å². The van der Waals surface area contributed by atoms with E-state index in [9.17, 15) is 14.9 Å². The van der Waals surface area contributed by atoms with E-state index in [1.807, 2.05) is 0 Å². The van der Waals surface area contributed by atoms with Gasteiger partial charge in [0.2, 0.25) is 6.79 Å². The number of methoxy groups -OCH3 is 2. The molecule has 0 saturated carbocycles.